The molecule has 3 aromatic rings. The molecule has 1 aliphatic heterocycles. The zero-order valence-electron chi connectivity index (χ0n) is 17.5. The summed E-state index contributed by atoms with van der Waals surface area (Å²) >= 11 is 0. The van der Waals surface area contributed by atoms with Crippen LogP contribution >= 0.6 is 0 Å². The number of hydrogen-bond donors (Lipinski definition) is 3. The number of piperidine rings is 1. The van der Waals surface area contributed by atoms with Gasteiger partial charge in [0.25, 0.3) is 5.91 Å². The van der Waals surface area contributed by atoms with Crippen molar-refractivity contribution in [2.24, 2.45) is 5.73 Å². The highest BCUT2D eigenvalue weighted by molar-refractivity contribution is 6.10. The molecule has 2 amide bonds. The molecule has 162 valence electrons. The molecule has 1 aromatic carbocycles. The molecule has 4 rings (SSSR count). The Bertz CT molecular complexity index is 1170. The van der Waals surface area contributed by atoms with Crippen molar-refractivity contribution in [1.82, 2.24) is 10.3 Å². The van der Waals surface area contributed by atoms with E-state index in [1.165, 1.54) is 0 Å². The molecule has 1 saturated heterocycles. The first-order valence-electron chi connectivity index (χ1n) is 10.2. The summed E-state index contributed by atoms with van der Waals surface area (Å²) in [6, 6.07) is 7.13. The number of aromatic nitrogens is 1. The van der Waals surface area contributed by atoms with E-state index < -0.39 is 17.9 Å². The first-order chi connectivity index (χ1) is 14.9. The molecule has 1 aliphatic rings. The zero-order chi connectivity index (χ0) is 22.2. The fourth-order valence-electron chi connectivity index (χ4n) is 4.35. The van der Waals surface area contributed by atoms with Crippen molar-refractivity contribution >= 4 is 22.8 Å². The summed E-state index contributed by atoms with van der Waals surface area (Å²) in [5.41, 5.74) is 7.14. The predicted octanol–water partition coefficient (Wildman–Crippen LogP) is 2.26. The smallest absolute Gasteiger partial charge is 0.252 e. The quantitative estimate of drug-likeness (QED) is 0.558. The second-order valence-corrected chi connectivity index (χ2v) is 7.85. The number of benzene rings is 1. The molecule has 0 aliphatic carbocycles. The van der Waals surface area contributed by atoms with Crippen LogP contribution in [0.5, 0.6) is 5.75 Å². The van der Waals surface area contributed by atoms with Crippen LogP contribution in [0.4, 0.5) is 0 Å². The van der Waals surface area contributed by atoms with Crippen molar-refractivity contribution in [2.75, 3.05) is 13.2 Å². The lowest BCUT2D eigenvalue weighted by molar-refractivity contribution is -0.130. The number of nitrogens with two attached hydrogens (primary N) is 1. The summed E-state index contributed by atoms with van der Waals surface area (Å²) in [5, 5.41) is 13.7. The lowest BCUT2D eigenvalue weighted by Crippen LogP contribution is -2.51. The molecule has 1 unspecified atom stereocenters. The molecular weight excluding hydrogens is 398 g/mol. The number of furan rings is 1. The van der Waals surface area contributed by atoms with Gasteiger partial charge in [-0.25, -0.2) is 0 Å². The molecule has 3 heterocycles. The van der Waals surface area contributed by atoms with E-state index in [0.29, 0.717) is 47.4 Å². The number of nitrogens with one attached hydrogen (secondary N) is 1. The maximum absolute atomic E-state index is 13.1. The van der Waals surface area contributed by atoms with Crippen LogP contribution in [0.3, 0.4) is 0 Å². The number of rotatable bonds is 6. The maximum atomic E-state index is 13.1. The van der Waals surface area contributed by atoms with Gasteiger partial charge in [-0.1, -0.05) is 6.07 Å². The molecule has 4 N–H and O–H groups in total. The standard InChI is InChI=1S/C23H25N3O5/c1-13-15(5-3-9-25-13)11-30-17-7-6-16-19(18(21(24)28)14(2)31-16)20(17)23(12-27)8-4-10-26-22(23)29/h3,5-7,9,27H,4,8,10-12H2,1-2H3,(H2,24,28)(H,26,29). The highest BCUT2D eigenvalue weighted by Gasteiger charge is 2.46. The van der Waals surface area contributed by atoms with Gasteiger partial charge >= 0.3 is 0 Å². The summed E-state index contributed by atoms with van der Waals surface area (Å²) in [7, 11) is 0. The Kier molecular flexibility index (Phi) is 5.41. The molecule has 2 aromatic heterocycles. The van der Waals surface area contributed by atoms with Gasteiger partial charge in [0.15, 0.2) is 0 Å². The average molecular weight is 423 g/mol. The van der Waals surface area contributed by atoms with Gasteiger partial charge in [0, 0.05) is 34.9 Å². The van der Waals surface area contributed by atoms with Crippen molar-refractivity contribution in [2.45, 2.75) is 38.7 Å². The molecular formula is C23H25N3O5. The van der Waals surface area contributed by atoms with E-state index in [-0.39, 0.29) is 18.1 Å². The van der Waals surface area contributed by atoms with Crippen molar-refractivity contribution < 1.29 is 23.8 Å². The second-order valence-electron chi connectivity index (χ2n) is 7.85. The largest absolute Gasteiger partial charge is 0.488 e. The Morgan fingerprint density at radius 1 is 1.35 bits per heavy atom. The van der Waals surface area contributed by atoms with E-state index >= 15 is 0 Å². The molecule has 0 spiro atoms. The summed E-state index contributed by atoms with van der Waals surface area (Å²) in [4.78, 5) is 29.6. The van der Waals surface area contributed by atoms with Gasteiger partial charge in [0.1, 0.15) is 29.1 Å². The van der Waals surface area contributed by atoms with Crippen molar-refractivity contribution in [1.29, 1.82) is 0 Å². The fraction of sp³-hybridized carbons (Fsp3) is 0.348. The van der Waals surface area contributed by atoms with Crippen molar-refractivity contribution in [3.63, 3.8) is 0 Å². The highest BCUT2D eigenvalue weighted by Crippen LogP contribution is 2.45. The van der Waals surface area contributed by atoms with Gasteiger partial charge in [-0.2, -0.15) is 0 Å². The van der Waals surface area contributed by atoms with Gasteiger partial charge in [0.05, 0.1) is 12.2 Å². The number of fused-ring (bicyclic) bond motifs is 1. The Morgan fingerprint density at radius 3 is 2.84 bits per heavy atom. The molecule has 8 nitrogen and oxygen atoms in total. The monoisotopic (exact) mass is 423 g/mol. The van der Waals surface area contributed by atoms with Crippen molar-refractivity contribution in [3.05, 3.63) is 58.6 Å². The number of carbonyl (C=O) groups is 2. The number of carbonyl (C=O) groups excluding carboxylic acids is 2. The Balaban J connectivity index is 1.94. The lowest BCUT2D eigenvalue weighted by Gasteiger charge is -2.36. The normalized spacial score (nSPS) is 18.7. The van der Waals surface area contributed by atoms with Gasteiger partial charge in [-0.15, -0.1) is 0 Å². The van der Waals surface area contributed by atoms with Crippen LogP contribution in [0, 0.1) is 13.8 Å². The minimum atomic E-state index is -1.28. The van der Waals surface area contributed by atoms with E-state index in [1.54, 1.807) is 25.3 Å². The maximum Gasteiger partial charge on any atom is 0.252 e. The van der Waals surface area contributed by atoms with Crippen LogP contribution in [-0.4, -0.2) is 35.1 Å². The fourth-order valence-corrected chi connectivity index (χ4v) is 4.35. The average Bonchev–Trinajstić information content (AvgIpc) is 3.09. The van der Waals surface area contributed by atoms with Crippen LogP contribution in [0.1, 0.15) is 45.8 Å². The number of primary amides is 1. The number of amides is 2. The van der Waals surface area contributed by atoms with E-state index in [0.717, 1.165) is 11.3 Å². The Hall–Kier alpha value is -3.39. The first-order valence-corrected chi connectivity index (χ1v) is 10.2. The topological polar surface area (TPSA) is 128 Å². The number of nitrogens with zero attached hydrogens (tertiary/aromatic N) is 1. The third-order valence-corrected chi connectivity index (χ3v) is 5.99. The van der Waals surface area contributed by atoms with E-state index in [1.807, 2.05) is 19.1 Å². The second kappa shape index (κ2) is 8.03. The molecule has 1 fully saturated rings. The molecule has 0 saturated carbocycles. The van der Waals surface area contributed by atoms with Gasteiger partial charge < -0.3 is 25.3 Å². The van der Waals surface area contributed by atoms with Crippen LogP contribution in [0.25, 0.3) is 11.0 Å². The number of pyridine rings is 1. The van der Waals surface area contributed by atoms with E-state index in [9.17, 15) is 14.7 Å². The van der Waals surface area contributed by atoms with Gasteiger partial charge in [-0.05, 0) is 44.9 Å². The van der Waals surface area contributed by atoms with Crippen LogP contribution in [-0.2, 0) is 16.8 Å². The number of aryl methyl sites for hydroxylation is 2. The summed E-state index contributed by atoms with van der Waals surface area (Å²) in [6.07, 6.45) is 2.78. The predicted molar refractivity (Wildman–Crippen MR) is 114 cm³/mol. The molecule has 0 radical (unpaired) electrons. The summed E-state index contributed by atoms with van der Waals surface area (Å²) < 4.78 is 11.9. The van der Waals surface area contributed by atoms with Gasteiger partial charge in [-0.3, -0.25) is 14.6 Å². The lowest BCUT2D eigenvalue weighted by atomic mass is 9.72. The third kappa shape index (κ3) is 3.42. The highest BCUT2D eigenvalue weighted by atomic mass is 16.5. The minimum absolute atomic E-state index is 0.194. The molecule has 1 atom stereocenters. The van der Waals surface area contributed by atoms with Crippen LogP contribution in [0.2, 0.25) is 0 Å². The number of hydrogen-bond acceptors (Lipinski definition) is 6. The number of ether oxygens (including phenoxy) is 1. The first kappa shape index (κ1) is 20.9. The van der Waals surface area contributed by atoms with Crippen molar-refractivity contribution in [3.8, 4) is 5.75 Å². The Labute approximate surface area is 179 Å². The zero-order valence-corrected chi connectivity index (χ0v) is 17.5. The molecule has 31 heavy (non-hydrogen) atoms. The number of aliphatic hydroxyl groups excluding tert-OH is 1. The third-order valence-electron chi connectivity index (χ3n) is 5.99. The molecule has 8 heteroatoms. The minimum Gasteiger partial charge on any atom is -0.488 e. The van der Waals surface area contributed by atoms with E-state index in [2.05, 4.69) is 10.3 Å². The summed E-state index contributed by atoms with van der Waals surface area (Å²) in [6.45, 7) is 3.83. The summed E-state index contributed by atoms with van der Waals surface area (Å²) in [5.74, 6) is -0.231. The van der Waals surface area contributed by atoms with Crippen LogP contribution in [0.15, 0.2) is 34.9 Å². The SMILES string of the molecule is Cc1ncccc1COc1ccc2oc(C)c(C(N)=O)c2c1C1(CO)CCCNC1=O. The molecule has 0 bridgehead atoms. The Morgan fingerprint density at radius 2 is 2.16 bits per heavy atom. The number of aliphatic hydroxyl groups is 1. The van der Waals surface area contributed by atoms with Crippen LogP contribution < -0.4 is 15.8 Å². The van der Waals surface area contributed by atoms with E-state index in [4.69, 9.17) is 14.9 Å². The van der Waals surface area contributed by atoms with Gasteiger partial charge in [0.2, 0.25) is 5.91 Å².